The molecule has 0 saturated carbocycles. The van der Waals surface area contributed by atoms with E-state index in [4.69, 9.17) is 22.1 Å². The molecule has 0 aliphatic heterocycles. The molecule has 21 heavy (non-hydrogen) atoms. The first kappa shape index (κ1) is 15.8. The quantitative estimate of drug-likeness (QED) is 0.888. The Hall–Kier alpha value is -1.58. The van der Waals surface area contributed by atoms with Gasteiger partial charge in [0.1, 0.15) is 5.75 Å². The lowest BCUT2D eigenvalue weighted by Gasteiger charge is -2.15. The van der Waals surface area contributed by atoms with Crippen molar-refractivity contribution in [3.05, 3.63) is 51.7 Å². The molecule has 0 saturated heterocycles. The van der Waals surface area contributed by atoms with Gasteiger partial charge in [0.25, 0.3) is 0 Å². The fourth-order valence-electron chi connectivity index (χ4n) is 2.16. The van der Waals surface area contributed by atoms with Crippen LogP contribution in [0.2, 0.25) is 5.02 Å². The van der Waals surface area contributed by atoms with E-state index < -0.39 is 0 Å². The van der Waals surface area contributed by atoms with Crippen molar-refractivity contribution in [2.45, 2.75) is 40.2 Å². The summed E-state index contributed by atoms with van der Waals surface area (Å²) in [6, 6.07) is 5.94. The number of nitrogens with zero attached hydrogens (tertiary/aromatic N) is 1. The van der Waals surface area contributed by atoms with Crippen molar-refractivity contribution in [2.75, 3.05) is 0 Å². The summed E-state index contributed by atoms with van der Waals surface area (Å²) in [6.07, 6.45) is 1.75. The van der Waals surface area contributed by atoms with Crippen LogP contribution in [-0.2, 0) is 6.54 Å². The van der Waals surface area contributed by atoms with E-state index in [1.54, 1.807) is 6.20 Å². The van der Waals surface area contributed by atoms with Gasteiger partial charge in [-0.25, -0.2) is 4.98 Å². The summed E-state index contributed by atoms with van der Waals surface area (Å²) in [7, 11) is 0. The Bertz CT molecular complexity index is 653. The van der Waals surface area contributed by atoms with Crippen LogP contribution in [0.25, 0.3) is 0 Å². The molecule has 2 N–H and O–H groups in total. The van der Waals surface area contributed by atoms with Gasteiger partial charge < -0.3 is 10.5 Å². The fourth-order valence-corrected chi connectivity index (χ4v) is 2.60. The average molecular weight is 305 g/mol. The maximum Gasteiger partial charge on any atom is 0.222 e. The molecular weight excluding hydrogens is 284 g/mol. The number of benzene rings is 1. The van der Waals surface area contributed by atoms with Crippen molar-refractivity contribution in [2.24, 2.45) is 5.73 Å². The normalized spacial score (nSPS) is 11.0. The second kappa shape index (κ2) is 6.46. The van der Waals surface area contributed by atoms with Crippen molar-refractivity contribution in [3.8, 4) is 11.6 Å². The molecule has 0 radical (unpaired) electrons. The Labute approximate surface area is 131 Å². The highest BCUT2D eigenvalue weighted by molar-refractivity contribution is 6.31. The highest BCUT2D eigenvalue weighted by Crippen LogP contribution is 2.34. The Balaban J connectivity index is 2.37. The van der Waals surface area contributed by atoms with Crippen molar-refractivity contribution >= 4 is 11.6 Å². The highest BCUT2D eigenvalue weighted by Gasteiger charge is 2.12. The molecule has 3 nitrogen and oxygen atoms in total. The van der Waals surface area contributed by atoms with Gasteiger partial charge in [0.2, 0.25) is 5.88 Å². The number of hydrogen-bond acceptors (Lipinski definition) is 3. The van der Waals surface area contributed by atoms with Crippen LogP contribution in [0.15, 0.2) is 24.4 Å². The van der Waals surface area contributed by atoms with Crippen molar-refractivity contribution in [3.63, 3.8) is 0 Å². The lowest BCUT2D eigenvalue weighted by atomic mass is 10.0. The maximum atomic E-state index is 6.29. The van der Waals surface area contributed by atoms with Crippen molar-refractivity contribution in [1.29, 1.82) is 0 Å². The predicted octanol–water partition coefficient (Wildman–Crippen LogP) is 4.73. The van der Waals surface area contributed by atoms with E-state index in [-0.39, 0.29) is 0 Å². The molecule has 2 rings (SSSR count). The molecule has 0 atom stereocenters. The van der Waals surface area contributed by atoms with Crippen LogP contribution in [0.4, 0.5) is 0 Å². The summed E-state index contributed by atoms with van der Waals surface area (Å²) >= 11 is 6.29. The highest BCUT2D eigenvalue weighted by atomic mass is 35.5. The minimum absolute atomic E-state index is 0.342. The molecule has 1 heterocycles. The summed E-state index contributed by atoms with van der Waals surface area (Å²) in [5.41, 5.74) is 9.66. The predicted molar refractivity (Wildman–Crippen MR) is 87.2 cm³/mol. The third kappa shape index (κ3) is 3.55. The number of nitrogens with two attached hydrogens (primary N) is 1. The van der Waals surface area contributed by atoms with Gasteiger partial charge in [-0.1, -0.05) is 25.4 Å². The van der Waals surface area contributed by atoms with Gasteiger partial charge >= 0.3 is 0 Å². The largest absolute Gasteiger partial charge is 0.438 e. The number of ether oxygens (including phenoxy) is 1. The molecule has 1 aromatic heterocycles. The Morgan fingerprint density at radius 3 is 2.48 bits per heavy atom. The molecule has 112 valence electrons. The van der Waals surface area contributed by atoms with Crippen LogP contribution in [0, 0.1) is 13.8 Å². The van der Waals surface area contributed by atoms with E-state index in [1.807, 2.05) is 32.0 Å². The Morgan fingerprint density at radius 1 is 1.19 bits per heavy atom. The monoisotopic (exact) mass is 304 g/mol. The number of hydrogen-bond donors (Lipinski definition) is 1. The van der Waals surface area contributed by atoms with Crippen LogP contribution in [-0.4, -0.2) is 4.98 Å². The molecule has 0 fully saturated rings. The van der Waals surface area contributed by atoms with Gasteiger partial charge in [-0.2, -0.15) is 0 Å². The summed E-state index contributed by atoms with van der Waals surface area (Å²) < 4.78 is 5.97. The standard InChI is InChI=1S/C17H21ClN2O/c1-10(2)14-7-16(11(3)6-15(14)18)21-17-12(4)5-13(8-19)9-20-17/h5-7,9-10H,8,19H2,1-4H3. The van der Waals surface area contributed by atoms with Crippen molar-refractivity contribution in [1.82, 2.24) is 4.98 Å². The van der Waals surface area contributed by atoms with Crippen molar-refractivity contribution < 1.29 is 4.74 Å². The minimum atomic E-state index is 0.342. The second-order valence-corrected chi connectivity index (χ2v) is 5.97. The molecule has 0 bridgehead atoms. The minimum Gasteiger partial charge on any atom is -0.438 e. The van der Waals surface area contributed by atoms with Crippen LogP contribution in [0.1, 0.15) is 42.0 Å². The molecular formula is C17H21ClN2O. The SMILES string of the molecule is Cc1cc(Cl)c(C(C)C)cc1Oc1ncc(CN)cc1C. The van der Waals surface area contributed by atoms with E-state index >= 15 is 0 Å². The molecule has 0 amide bonds. The molecule has 0 aliphatic rings. The first-order valence-electron chi connectivity index (χ1n) is 7.05. The van der Waals surface area contributed by atoms with E-state index in [9.17, 15) is 0 Å². The van der Waals surface area contributed by atoms with Crippen LogP contribution >= 0.6 is 11.6 Å². The molecule has 1 aromatic carbocycles. The number of pyridine rings is 1. The van der Waals surface area contributed by atoms with Crippen LogP contribution in [0.3, 0.4) is 0 Å². The third-order valence-corrected chi connectivity index (χ3v) is 3.77. The van der Waals surface area contributed by atoms with Gasteiger partial charge in [0.15, 0.2) is 0 Å². The topological polar surface area (TPSA) is 48.1 Å². The fraction of sp³-hybridized carbons (Fsp3) is 0.353. The van der Waals surface area contributed by atoms with E-state index in [0.29, 0.717) is 18.3 Å². The van der Waals surface area contributed by atoms with Crippen LogP contribution in [0.5, 0.6) is 11.6 Å². The van der Waals surface area contributed by atoms with Gasteiger partial charge in [0, 0.05) is 23.3 Å². The average Bonchev–Trinajstić information content (AvgIpc) is 2.43. The number of rotatable bonds is 4. The van der Waals surface area contributed by atoms with Gasteiger partial charge in [-0.3, -0.25) is 0 Å². The van der Waals surface area contributed by atoms with E-state index in [0.717, 1.165) is 33.0 Å². The first-order valence-corrected chi connectivity index (χ1v) is 7.43. The summed E-state index contributed by atoms with van der Waals surface area (Å²) in [5, 5.41) is 0.776. The van der Waals surface area contributed by atoms with Gasteiger partial charge in [-0.15, -0.1) is 0 Å². The summed E-state index contributed by atoms with van der Waals surface area (Å²) in [5.74, 6) is 1.74. The molecule has 4 heteroatoms. The number of aromatic nitrogens is 1. The zero-order valence-corrected chi connectivity index (χ0v) is 13.7. The number of aryl methyl sites for hydroxylation is 2. The molecule has 2 aromatic rings. The van der Waals surface area contributed by atoms with Crippen LogP contribution < -0.4 is 10.5 Å². The summed E-state index contributed by atoms with van der Waals surface area (Å²) in [4.78, 5) is 4.35. The summed E-state index contributed by atoms with van der Waals surface area (Å²) in [6.45, 7) is 8.65. The lowest BCUT2D eigenvalue weighted by Crippen LogP contribution is -2.00. The number of halogens is 1. The second-order valence-electron chi connectivity index (χ2n) is 5.57. The van der Waals surface area contributed by atoms with Gasteiger partial charge in [-0.05, 0) is 54.7 Å². The molecule has 0 spiro atoms. The molecule has 0 unspecified atom stereocenters. The first-order chi connectivity index (χ1) is 9.92. The Morgan fingerprint density at radius 2 is 1.90 bits per heavy atom. The van der Waals surface area contributed by atoms with Gasteiger partial charge in [0.05, 0.1) is 0 Å². The zero-order valence-electron chi connectivity index (χ0n) is 12.9. The Kier molecular flexibility index (Phi) is 4.86. The zero-order chi connectivity index (χ0) is 15.6. The maximum absolute atomic E-state index is 6.29. The van der Waals surface area contributed by atoms with E-state index in [2.05, 4.69) is 18.8 Å². The lowest BCUT2D eigenvalue weighted by molar-refractivity contribution is 0.454. The smallest absolute Gasteiger partial charge is 0.222 e. The van der Waals surface area contributed by atoms with E-state index in [1.165, 1.54) is 0 Å². The molecule has 0 aliphatic carbocycles. The third-order valence-electron chi connectivity index (χ3n) is 3.45.